The highest BCUT2D eigenvalue weighted by Crippen LogP contribution is 2.20. The summed E-state index contributed by atoms with van der Waals surface area (Å²) in [7, 11) is 0. The van der Waals surface area contributed by atoms with Gasteiger partial charge in [0, 0.05) is 5.56 Å². The molecule has 0 radical (unpaired) electrons. The first-order valence-electron chi connectivity index (χ1n) is 6.17. The summed E-state index contributed by atoms with van der Waals surface area (Å²) in [5, 5.41) is 2.26. The maximum Gasteiger partial charge on any atom is 0.256 e. The molecule has 2 rings (SSSR count). The molecule has 0 aliphatic rings. The van der Waals surface area contributed by atoms with E-state index in [9.17, 15) is 13.6 Å². The van der Waals surface area contributed by atoms with Gasteiger partial charge in [0.15, 0.2) is 0 Å². The SMILES string of the molecule is NCCc1ccccc1C(=O)Nc1c(F)cccc1F. The Bertz CT molecular complexity index is 609. The van der Waals surface area contributed by atoms with E-state index >= 15 is 0 Å². The number of hydrogen-bond acceptors (Lipinski definition) is 2. The number of amides is 1. The third-order valence-electron chi connectivity index (χ3n) is 2.88. The summed E-state index contributed by atoms with van der Waals surface area (Å²) in [4.78, 5) is 12.1. The fourth-order valence-electron chi connectivity index (χ4n) is 1.91. The van der Waals surface area contributed by atoms with Gasteiger partial charge in [-0.1, -0.05) is 24.3 Å². The summed E-state index contributed by atoms with van der Waals surface area (Å²) in [5.74, 6) is -2.18. The first kappa shape index (κ1) is 14.1. The second-order valence-corrected chi connectivity index (χ2v) is 4.25. The van der Waals surface area contributed by atoms with Crippen molar-refractivity contribution >= 4 is 11.6 Å². The van der Waals surface area contributed by atoms with Gasteiger partial charge in [-0.05, 0) is 36.7 Å². The molecule has 0 spiro atoms. The largest absolute Gasteiger partial charge is 0.330 e. The molecule has 0 aliphatic carbocycles. The highest BCUT2D eigenvalue weighted by Gasteiger charge is 2.15. The minimum absolute atomic E-state index is 0.362. The minimum Gasteiger partial charge on any atom is -0.330 e. The van der Waals surface area contributed by atoms with Gasteiger partial charge in [0.25, 0.3) is 5.91 Å². The highest BCUT2D eigenvalue weighted by molar-refractivity contribution is 6.05. The van der Waals surface area contributed by atoms with Crippen molar-refractivity contribution in [3.8, 4) is 0 Å². The van der Waals surface area contributed by atoms with E-state index in [0.717, 1.165) is 17.7 Å². The molecule has 0 saturated heterocycles. The minimum atomic E-state index is -0.811. The molecule has 3 nitrogen and oxygen atoms in total. The molecule has 0 heterocycles. The Hall–Kier alpha value is -2.27. The Morgan fingerprint density at radius 2 is 1.70 bits per heavy atom. The van der Waals surface area contributed by atoms with Gasteiger partial charge >= 0.3 is 0 Å². The Morgan fingerprint density at radius 1 is 1.05 bits per heavy atom. The third-order valence-corrected chi connectivity index (χ3v) is 2.88. The van der Waals surface area contributed by atoms with Crippen molar-refractivity contribution in [2.45, 2.75) is 6.42 Å². The van der Waals surface area contributed by atoms with Gasteiger partial charge in [-0.25, -0.2) is 8.78 Å². The molecular formula is C15H14F2N2O. The molecule has 5 heteroatoms. The van der Waals surface area contributed by atoms with Crippen LogP contribution < -0.4 is 11.1 Å². The van der Waals surface area contributed by atoms with Crippen LogP contribution in [0.4, 0.5) is 14.5 Å². The summed E-state index contributed by atoms with van der Waals surface area (Å²) in [6, 6.07) is 10.2. The molecule has 1 amide bonds. The van der Waals surface area contributed by atoms with Crippen LogP contribution >= 0.6 is 0 Å². The van der Waals surface area contributed by atoms with Crippen LogP contribution in [0.1, 0.15) is 15.9 Å². The van der Waals surface area contributed by atoms with E-state index in [1.165, 1.54) is 6.07 Å². The molecular weight excluding hydrogens is 262 g/mol. The zero-order valence-electron chi connectivity index (χ0n) is 10.7. The van der Waals surface area contributed by atoms with Crippen LogP contribution in [0.15, 0.2) is 42.5 Å². The number of hydrogen-bond donors (Lipinski definition) is 2. The van der Waals surface area contributed by atoms with E-state index in [2.05, 4.69) is 5.32 Å². The Kier molecular flexibility index (Phi) is 4.42. The summed E-state index contributed by atoms with van der Waals surface area (Å²) < 4.78 is 27.0. The molecule has 0 atom stereocenters. The van der Waals surface area contributed by atoms with E-state index in [1.54, 1.807) is 24.3 Å². The van der Waals surface area contributed by atoms with Gasteiger partial charge in [0.05, 0.1) is 0 Å². The Labute approximate surface area is 115 Å². The molecule has 0 unspecified atom stereocenters. The number of rotatable bonds is 4. The van der Waals surface area contributed by atoms with E-state index in [1.807, 2.05) is 0 Å². The summed E-state index contributed by atoms with van der Waals surface area (Å²) in [5.41, 5.74) is 6.14. The number of carbonyl (C=O) groups is 1. The average molecular weight is 276 g/mol. The van der Waals surface area contributed by atoms with Crippen molar-refractivity contribution in [3.63, 3.8) is 0 Å². The summed E-state index contributed by atoms with van der Waals surface area (Å²) >= 11 is 0. The zero-order chi connectivity index (χ0) is 14.5. The molecule has 20 heavy (non-hydrogen) atoms. The van der Waals surface area contributed by atoms with Crippen molar-refractivity contribution in [1.29, 1.82) is 0 Å². The average Bonchev–Trinajstić information content (AvgIpc) is 2.44. The van der Waals surface area contributed by atoms with E-state index in [-0.39, 0.29) is 0 Å². The normalized spacial score (nSPS) is 10.3. The quantitative estimate of drug-likeness (QED) is 0.902. The van der Waals surface area contributed by atoms with Crippen LogP contribution in [0.3, 0.4) is 0 Å². The van der Waals surface area contributed by atoms with Gasteiger partial charge in [-0.15, -0.1) is 0 Å². The number of nitrogens with one attached hydrogen (secondary N) is 1. The summed E-state index contributed by atoms with van der Waals surface area (Å²) in [6.45, 7) is 0.387. The smallest absolute Gasteiger partial charge is 0.256 e. The highest BCUT2D eigenvalue weighted by atomic mass is 19.1. The Morgan fingerprint density at radius 3 is 2.35 bits per heavy atom. The topological polar surface area (TPSA) is 55.1 Å². The monoisotopic (exact) mass is 276 g/mol. The number of nitrogens with two attached hydrogens (primary N) is 1. The van der Waals surface area contributed by atoms with Crippen molar-refractivity contribution < 1.29 is 13.6 Å². The first-order valence-corrected chi connectivity index (χ1v) is 6.17. The lowest BCUT2D eigenvalue weighted by atomic mass is 10.0. The standard InChI is InChI=1S/C15H14F2N2O/c16-12-6-3-7-13(17)14(12)19-15(20)11-5-2-1-4-10(11)8-9-18/h1-7H,8-9,18H2,(H,19,20). The molecule has 2 aromatic rings. The molecule has 104 valence electrons. The molecule has 2 aromatic carbocycles. The van der Waals surface area contributed by atoms with Gasteiger partial charge in [0.2, 0.25) is 0 Å². The molecule has 0 aromatic heterocycles. The van der Waals surface area contributed by atoms with Gasteiger partial charge in [-0.3, -0.25) is 4.79 Å². The first-order chi connectivity index (χ1) is 9.63. The molecule has 0 bridgehead atoms. The lowest BCUT2D eigenvalue weighted by molar-refractivity contribution is 0.102. The predicted octanol–water partition coefficient (Wildman–Crippen LogP) is 2.72. The van der Waals surface area contributed by atoms with Gasteiger partial charge < -0.3 is 11.1 Å². The van der Waals surface area contributed by atoms with Gasteiger partial charge in [0.1, 0.15) is 17.3 Å². The lowest BCUT2D eigenvalue weighted by Gasteiger charge is -2.10. The number of halogens is 2. The Balaban J connectivity index is 2.29. The fourth-order valence-corrected chi connectivity index (χ4v) is 1.91. The van der Waals surface area contributed by atoms with Crippen molar-refractivity contribution in [2.24, 2.45) is 5.73 Å². The van der Waals surface area contributed by atoms with Crippen LogP contribution in [-0.4, -0.2) is 12.5 Å². The lowest BCUT2D eigenvalue weighted by Crippen LogP contribution is -2.17. The zero-order valence-corrected chi connectivity index (χ0v) is 10.7. The predicted molar refractivity (Wildman–Crippen MR) is 73.5 cm³/mol. The maximum absolute atomic E-state index is 13.5. The van der Waals surface area contributed by atoms with Crippen LogP contribution in [0.25, 0.3) is 0 Å². The second kappa shape index (κ2) is 6.25. The number of para-hydroxylation sites is 1. The second-order valence-electron chi connectivity index (χ2n) is 4.25. The van der Waals surface area contributed by atoms with Crippen molar-refractivity contribution in [2.75, 3.05) is 11.9 Å². The third kappa shape index (κ3) is 3.00. The maximum atomic E-state index is 13.5. The number of anilines is 1. The number of carbonyl (C=O) groups excluding carboxylic acids is 1. The van der Waals surface area contributed by atoms with Crippen LogP contribution in [0.2, 0.25) is 0 Å². The fraction of sp³-hybridized carbons (Fsp3) is 0.133. The van der Waals surface area contributed by atoms with E-state index in [0.29, 0.717) is 18.5 Å². The van der Waals surface area contributed by atoms with Crippen LogP contribution in [0.5, 0.6) is 0 Å². The summed E-state index contributed by atoms with van der Waals surface area (Å²) in [6.07, 6.45) is 0.517. The molecule has 3 N–H and O–H groups in total. The molecule has 0 fully saturated rings. The van der Waals surface area contributed by atoms with Crippen molar-refractivity contribution in [1.82, 2.24) is 0 Å². The van der Waals surface area contributed by atoms with Crippen molar-refractivity contribution in [3.05, 3.63) is 65.2 Å². The van der Waals surface area contributed by atoms with Gasteiger partial charge in [-0.2, -0.15) is 0 Å². The molecule has 0 saturated carbocycles. The van der Waals surface area contributed by atoms with E-state index in [4.69, 9.17) is 5.73 Å². The van der Waals surface area contributed by atoms with Crippen LogP contribution in [0, 0.1) is 11.6 Å². The number of benzene rings is 2. The molecule has 0 aliphatic heterocycles. The van der Waals surface area contributed by atoms with E-state index < -0.39 is 23.2 Å². The van der Waals surface area contributed by atoms with Crippen LogP contribution in [-0.2, 0) is 6.42 Å².